The number of nitrogens with one attached hydrogen (secondary N) is 2. The van der Waals surface area contributed by atoms with Crippen LogP contribution < -0.4 is 14.9 Å². The molecule has 7 nitrogen and oxygen atoms in total. The lowest BCUT2D eigenvalue weighted by atomic mass is 10.0. The van der Waals surface area contributed by atoms with Crippen LogP contribution in [0.25, 0.3) is 11.3 Å². The Morgan fingerprint density at radius 2 is 1.90 bits per heavy atom. The lowest BCUT2D eigenvalue weighted by Crippen LogP contribution is -2.18. The van der Waals surface area contributed by atoms with Crippen molar-refractivity contribution in [1.29, 1.82) is 0 Å². The Balaban J connectivity index is 1.66. The van der Waals surface area contributed by atoms with Gasteiger partial charge in [0.1, 0.15) is 17.2 Å². The van der Waals surface area contributed by atoms with Gasteiger partial charge in [-0.25, -0.2) is 5.43 Å². The van der Waals surface area contributed by atoms with Crippen LogP contribution in [0.5, 0.6) is 11.5 Å². The van der Waals surface area contributed by atoms with E-state index in [-0.39, 0.29) is 5.91 Å². The van der Waals surface area contributed by atoms with E-state index in [0.29, 0.717) is 34.4 Å². The maximum Gasteiger partial charge on any atom is 0.289 e. The molecule has 3 rings (SSSR count). The molecule has 0 fully saturated rings. The van der Waals surface area contributed by atoms with Gasteiger partial charge < -0.3 is 9.47 Å². The standard InChI is InChI=1S/C23H26N4O3/c1-15(2)11-16-5-7-17(8-6-16)20-13-21(26-25-20)23(28)27-24-14-18-12-19(29-3)9-10-22(18)30-4/h5-10,12-15H,11H2,1-4H3,(H,25,26)(H,27,28)/b24-14+. The number of aromatic amines is 1. The second-order valence-electron chi connectivity index (χ2n) is 7.27. The number of hydrazone groups is 1. The van der Waals surface area contributed by atoms with Crippen LogP contribution in [0.3, 0.4) is 0 Å². The Morgan fingerprint density at radius 3 is 2.57 bits per heavy atom. The average molecular weight is 406 g/mol. The van der Waals surface area contributed by atoms with Gasteiger partial charge in [0.25, 0.3) is 5.91 Å². The number of methoxy groups -OCH3 is 2. The summed E-state index contributed by atoms with van der Waals surface area (Å²) in [5.41, 5.74) is 6.44. The van der Waals surface area contributed by atoms with Crippen molar-refractivity contribution in [1.82, 2.24) is 15.6 Å². The van der Waals surface area contributed by atoms with Crippen molar-refractivity contribution in [2.45, 2.75) is 20.3 Å². The SMILES string of the molecule is COc1ccc(OC)c(/C=N/NC(=O)c2cc(-c3ccc(CC(C)C)cc3)n[nH]2)c1. The van der Waals surface area contributed by atoms with Gasteiger partial charge in [-0.3, -0.25) is 9.89 Å². The van der Waals surface area contributed by atoms with Crippen LogP contribution in [-0.4, -0.2) is 36.5 Å². The van der Waals surface area contributed by atoms with Gasteiger partial charge in [0.2, 0.25) is 0 Å². The first-order chi connectivity index (χ1) is 14.5. The van der Waals surface area contributed by atoms with Crippen LogP contribution in [0, 0.1) is 5.92 Å². The van der Waals surface area contributed by atoms with E-state index < -0.39 is 0 Å². The molecule has 0 atom stereocenters. The Morgan fingerprint density at radius 1 is 1.13 bits per heavy atom. The molecule has 0 spiro atoms. The zero-order chi connectivity index (χ0) is 21.5. The van der Waals surface area contributed by atoms with Crippen molar-refractivity contribution in [3.05, 3.63) is 65.4 Å². The zero-order valence-corrected chi connectivity index (χ0v) is 17.6. The first-order valence-electron chi connectivity index (χ1n) is 9.70. The minimum atomic E-state index is -0.386. The van der Waals surface area contributed by atoms with Crippen molar-refractivity contribution in [2.24, 2.45) is 11.0 Å². The number of hydrogen-bond donors (Lipinski definition) is 2. The lowest BCUT2D eigenvalue weighted by Gasteiger charge is -2.06. The van der Waals surface area contributed by atoms with Crippen LogP contribution in [0.2, 0.25) is 0 Å². The largest absolute Gasteiger partial charge is 0.497 e. The predicted octanol–water partition coefficient (Wildman–Crippen LogP) is 4.06. The van der Waals surface area contributed by atoms with E-state index in [4.69, 9.17) is 9.47 Å². The number of benzene rings is 2. The number of amides is 1. The van der Waals surface area contributed by atoms with Crippen molar-refractivity contribution in [3.63, 3.8) is 0 Å². The first kappa shape index (κ1) is 21.1. The highest BCUT2D eigenvalue weighted by molar-refractivity contribution is 5.94. The second kappa shape index (κ2) is 9.73. The highest BCUT2D eigenvalue weighted by atomic mass is 16.5. The van der Waals surface area contributed by atoms with E-state index in [2.05, 4.69) is 46.7 Å². The third kappa shape index (κ3) is 5.26. The maximum absolute atomic E-state index is 12.4. The molecule has 7 heteroatoms. The third-order valence-corrected chi connectivity index (χ3v) is 4.52. The van der Waals surface area contributed by atoms with Crippen molar-refractivity contribution >= 4 is 12.1 Å². The minimum absolute atomic E-state index is 0.325. The van der Waals surface area contributed by atoms with E-state index in [9.17, 15) is 4.79 Å². The van der Waals surface area contributed by atoms with Crippen molar-refractivity contribution < 1.29 is 14.3 Å². The molecular weight excluding hydrogens is 380 g/mol. The Hall–Kier alpha value is -3.61. The van der Waals surface area contributed by atoms with E-state index in [1.54, 1.807) is 38.5 Å². The average Bonchev–Trinajstić information content (AvgIpc) is 3.24. The number of carbonyl (C=O) groups excluding carboxylic acids is 1. The first-order valence-corrected chi connectivity index (χ1v) is 9.70. The van der Waals surface area contributed by atoms with Gasteiger partial charge >= 0.3 is 0 Å². The molecule has 0 aliphatic heterocycles. The van der Waals surface area contributed by atoms with E-state index in [1.165, 1.54) is 11.8 Å². The predicted molar refractivity (Wildman–Crippen MR) is 117 cm³/mol. The molecular formula is C23H26N4O3. The molecule has 30 heavy (non-hydrogen) atoms. The fraction of sp³-hybridized carbons (Fsp3) is 0.261. The van der Waals surface area contributed by atoms with Gasteiger partial charge in [0.05, 0.1) is 26.1 Å². The second-order valence-corrected chi connectivity index (χ2v) is 7.27. The Labute approximate surface area is 176 Å². The minimum Gasteiger partial charge on any atom is -0.497 e. The number of nitrogens with zero attached hydrogens (tertiary/aromatic N) is 2. The smallest absolute Gasteiger partial charge is 0.289 e. The molecule has 0 saturated carbocycles. The molecule has 2 aromatic carbocycles. The van der Waals surface area contributed by atoms with Crippen molar-refractivity contribution in [2.75, 3.05) is 14.2 Å². The molecule has 0 bridgehead atoms. The summed E-state index contributed by atoms with van der Waals surface area (Å²) in [5, 5.41) is 11.0. The van der Waals surface area contributed by atoms with Crippen LogP contribution in [0.15, 0.2) is 53.6 Å². The van der Waals surface area contributed by atoms with Crippen molar-refractivity contribution in [3.8, 4) is 22.8 Å². The molecule has 0 aliphatic carbocycles. The summed E-state index contributed by atoms with van der Waals surface area (Å²) >= 11 is 0. The maximum atomic E-state index is 12.4. The van der Waals surface area contributed by atoms with E-state index >= 15 is 0 Å². The van der Waals surface area contributed by atoms with Gasteiger partial charge in [0.15, 0.2) is 0 Å². The van der Waals surface area contributed by atoms with Crippen LogP contribution in [0.4, 0.5) is 0 Å². The summed E-state index contributed by atoms with van der Waals surface area (Å²) in [7, 11) is 3.15. The summed E-state index contributed by atoms with van der Waals surface area (Å²) in [6.45, 7) is 4.39. The fourth-order valence-electron chi connectivity index (χ4n) is 3.03. The zero-order valence-electron chi connectivity index (χ0n) is 17.6. The molecule has 1 heterocycles. The highest BCUT2D eigenvalue weighted by Crippen LogP contribution is 2.22. The summed E-state index contributed by atoms with van der Waals surface area (Å²) in [5.74, 6) is 1.51. The summed E-state index contributed by atoms with van der Waals surface area (Å²) in [6, 6.07) is 15.3. The van der Waals surface area contributed by atoms with Gasteiger partial charge in [-0.05, 0) is 42.2 Å². The van der Waals surface area contributed by atoms with E-state index in [0.717, 1.165) is 12.0 Å². The molecule has 0 radical (unpaired) electrons. The molecule has 0 saturated heterocycles. The van der Waals surface area contributed by atoms with Gasteiger partial charge in [-0.15, -0.1) is 0 Å². The van der Waals surface area contributed by atoms with Crippen LogP contribution in [-0.2, 0) is 6.42 Å². The fourth-order valence-corrected chi connectivity index (χ4v) is 3.03. The monoisotopic (exact) mass is 406 g/mol. The topological polar surface area (TPSA) is 88.6 Å². The number of H-pyrrole nitrogens is 1. The summed E-state index contributed by atoms with van der Waals surface area (Å²) in [6.07, 6.45) is 2.54. The molecule has 3 aromatic rings. The highest BCUT2D eigenvalue weighted by Gasteiger charge is 2.11. The number of hydrogen-bond acceptors (Lipinski definition) is 5. The lowest BCUT2D eigenvalue weighted by molar-refractivity contribution is 0.0950. The molecule has 156 valence electrons. The number of ether oxygens (including phenoxy) is 2. The number of aromatic nitrogens is 2. The number of rotatable bonds is 8. The quantitative estimate of drug-likeness (QED) is 0.436. The third-order valence-electron chi connectivity index (χ3n) is 4.52. The molecule has 2 N–H and O–H groups in total. The summed E-state index contributed by atoms with van der Waals surface area (Å²) in [4.78, 5) is 12.4. The summed E-state index contributed by atoms with van der Waals surface area (Å²) < 4.78 is 10.5. The van der Waals surface area contributed by atoms with Gasteiger partial charge in [0, 0.05) is 11.1 Å². The molecule has 0 unspecified atom stereocenters. The molecule has 0 aliphatic rings. The van der Waals surface area contributed by atoms with Crippen LogP contribution >= 0.6 is 0 Å². The Kier molecular flexibility index (Phi) is 6.85. The van der Waals surface area contributed by atoms with Gasteiger partial charge in [-0.2, -0.15) is 10.2 Å². The molecule has 1 amide bonds. The number of carbonyl (C=O) groups is 1. The molecule has 1 aromatic heterocycles. The Bertz CT molecular complexity index is 1020. The normalized spacial score (nSPS) is 11.1. The van der Waals surface area contributed by atoms with E-state index in [1.807, 2.05) is 12.1 Å². The van der Waals surface area contributed by atoms with Crippen LogP contribution in [0.1, 0.15) is 35.5 Å². The van der Waals surface area contributed by atoms with Gasteiger partial charge in [-0.1, -0.05) is 38.1 Å².